The van der Waals surface area contributed by atoms with E-state index in [1.165, 1.54) is 9.96 Å². The number of aliphatic imine (C=N–C) groups is 1. The van der Waals surface area contributed by atoms with Crippen molar-refractivity contribution in [2.45, 2.75) is 25.4 Å². The number of benzene rings is 2. The molecule has 0 aliphatic carbocycles. The molecule has 0 spiro atoms. The van der Waals surface area contributed by atoms with Crippen molar-refractivity contribution in [3.63, 3.8) is 0 Å². The Morgan fingerprint density at radius 3 is 2.20 bits per heavy atom. The Bertz CT molecular complexity index is 836. The van der Waals surface area contributed by atoms with E-state index in [1.807, 2.05) is 74.5 Å². The molecule has 2 heterocycles. The Labute approximate surface area is 146 Å². The summed E-state index contributed by atoms with van der Waals surface area (Å²) in [4.78, 5) is 24.7. The highest BCUT2D eigenvalue weighted by Gasteiger charge is 2.67. The third-order valence-electron chi connectivity index (χ3n) is 4.47. The molecule has 0 aromatic heterocycles. The Morgan fingerprint density at radius 2 is 1.60 bits per heavy atom. The number of anilines is 1. The van der Waals surface area contributed by atoms with Gasteiger partial charge in [-0.2, -0.15) is 0 Å². The lowest BCUT2D eigenvalue weighted by Crippen LogP contribution is -2.61. The molecule has 2 aromatic rings. The van der Waals surface area contributed by atoms with E-state index in [-0.39, 0.29) is 0 Å². The van der Waals surface area contributed by atoms with E-state index in [4.69, 9.17) is 14.6 Å². The van der Waals surface area contributed by atoms with Crippen molar-refractivity contribution < 1.29 is 14.4 Å². The molecule has 4 rings (SSSR count). The molecule has 2 aromatic carbocycles. The molecule has 1 fully saturated rings. The molecule has 2 aliphatic heterocycles. The fourth-order valence-corrected chi connectivity index (χ4v) is 3.45. The summed E-state index contributed by atoms with van der Waals surface area (Å²) in [6.45, 7) is 3.77. The highest BCUT2D eigenvalue weighted by molar-refractivity contribution is 6.14. The number of fused-ring (bicyclic) bond motifs is 1. The van der Waals surface area contributed by atoms with Crippen LogP contribution < -0.4 is 4.90 Å². The number of rotatable bonds is 3. The number of methoxy groups -OCH3 is 1. The molecule has 1 amide bonds. The molecule has 1 saturated heterocycles. The minimum Gasteiger partial charge on any atom is -0.343 e. The molecule has 128 valence electrons. The van der Waals surface area contributed by atoms with E-state index in [9.17, 15) is 4.79 Å². The summed E-state index contributed by atoms with van der Waals surface area (Å²) in [6, 6.07) is 19.0. The first kappa shape index (κ1) is 15.8. The number of para-hydroxylation sites is 1. The van der Waals surface area contributed by atoms with Crippen LogP contribution in [0.25, 0.3) is 0 Å². The summed E-state index contributed by atoms with van der Waals surface area (Å²) in [7, 11) is 1.56. The normalized spacial score (nSPS) is 24.8. The fourth-order valence-electron chi connectivity index (χ4n) is 3.45. The smallest absolute Gasteiger partial charge is 0.343 e. The van der Waals surface area contributed by atoms with Gasteiger partial charge in [0.05, 0.1) is 5.69 Å². The second-order valence-electron chi connectivity index (χ2n) is 6.46. The average Bonchev–Trinajstić information content (AvgIpc) is 3.06. The first-order chi connectivity index (χ1) is 12.0. The molecule has 6 heteroatoms. The minimum absolute atomic E-state index is 0.496. The maximum absolute atomic E-state index is 12.7. The van der Waals surface area contributed by atoms with Crippen LogP contribution in [0.3, 0.4) is 0 Å². The summed E-state index contributed by atoms with van der Waals surface area (Å²) >= 11 is 0. The van der Waals surface area contributed by atoms with E-state index >= 15 is 0 Å². The number of carbonyl (C=O) groups is 1. The quantitative estimate of drug-likeness (QED) is 0.861. The van der Waals surface area contributed by atoms with E-state index < -0.39 is 17.6 Å². The lowest BCUT2D eigenvalue weighted by atomic mass is 10.0. The van der Waals surface area contributed by atoms with Gasteiger partial charge < -0.3 is 9.57 Å². The molecule has 0 bridgehead atoms. The summed E-state index contributed by atoms with van der Waals surface area (Å²) in [5.74, 6) is -1.26. The van der Waals surface area contributed by atoms with Crippen LogP contribution in [0.2, 0.25) is 0 Å². The van der Waals surface area contributed by atoms with Gasteiger partial charge in [0.2, 0.25) is 0 Å². The highest BCUT2D eigenvalue weighted by Crippen LogP contribution is 2.46. The monoisotopic (exact) mass is 337 g/mol. The standard InChI is InChI=1S/C19H19N3O3/c1-18(2)20-16(14-10-6-4-7-11-14)19(24-3)21(17(23)25-22(18)19)15-12-8-5-9-13-15/h4-13H,1-3H3. The van der Waals surface area contributed by atoms with Gasteiger partial charge in [0.25, 0.3) is 5.85 Å². The molecular weight excluding hydrogens is 318 g/mol. The van der Waals surface area contributed by atoms with Crippen LogP contribution in [0.4, 0.5) is 10.5 Å². The Kier molecular flexibility index (Phi) is 3.42. The van der Waals surface area contributed by atoms with Crippen molar-refractivity contribution in [3.8, 4) is 0 Å². The van der Waals surface area contributed by atoms with Crippen molar-refractivity contribution in [1.29, 1.82) is 0 Å². The maximum Gasteiger partial charge on any atom is 0.437 e. The summed E-state index contributed by atoms with van der Waals surface area (Å²) in [6.07, 6.45) is -0.496. The van der Waals surface area contributed by atoms with Gasteiger partial charge in [-0.1, -0.05) is 53.6 Å². The third-order valence-corrected chi connectivity index (χ3v) is 4.47. The van der Waals surface area contributed by atoms with Gasteiger partial charge in [-0.05, 0) is 26.0 Å². The predicted molar refractivity (Wildman–Crippen MR) is 94.0 cm³/mol. The molecule has 0 N–H and O–H groups in total. The molecule has 2 aliphatic rings. The zero-order valence-corrected chi connectivity index (χ0v) is 14.3. The third kappa shape index (κ3) is 2.11. The number of ether oxygens (including phenoxy) is 1. The SMILES string of the molecule is COC12C(c3ccccc3)=NC(C)(C)N1OC(=O)N2c1ccccc1. The van der Waals surface area contributed by atoms with E-state index in [1.54, 1.807) is 7.11 Å². The van der Waals surface area contributed by atoms with Gasteiger partial charge in [0.15, 0.2) is 0 Å². The van der Waals surface area contributed by atoms with E-state index in [0.29, 0.717) is 11.4 Å². The van der Waals surface area contributed by atoms with Crippen molar-refractivity contribution in [1.82, 2.24) is 5.06 Å². The lowest BCUT2D eigenvalue weighted by Gasteiger charge is -2.37. The average molecular weight is 337 g/mol. The number of hydroxylamine groups is 2. The van der Waals surface area contributed by atoms with Crippen LogP contribution in [-0.4, -0.2) is 35.5 Å². The van der Waals surface area contributed by atoms with Crippen LogP contribution in [0.1, 0.15) is 19.4 Å². The summed E-state index contributed by atoms with van der Waals surface area (Å²) in [5, 5.41) is 1.53. The zero-order chi connectivity index (χ0) is 17.7. The van der Waals surface area contributed by atoms with Crippen LogP contribution in [0.5, 0.6) is 0 Å². The van der Waals surface area contributed by atoms with E-state index in [2.05, 4.69) is 0 Å². The van der Waals surface area contributed by atoms with Gasteiger partial charge in [-0.3, -0.25) is 4.99 Å². The minimum atomic E-state index is -1.26. The Hall–Kier alpha value is -2.70. The fraction of sp³-hybridized carbons (Fsp3) is 0.263. The second kappa shape index (κ2) is 5.40. The number of carbonyl (C=O) groups excluding carboxylic acids is 1. The lowest BCUT2D eigenvalue weighted by molar-refractivity contribution is -0.229. The largest absolute Gasteiger partial charge is 0.437 e. The van der Waals surface area contributed by atoms with E-state index in [0.717, 1.165) is 5.56 Å². The van der Waals surface area contributed by atoms with Crippen LogP contribution >= 0.6 is 0 Å². The molecule has 1 atom stereocenters. The van der Waals surface area contributed by atoms with Crippen molar-refractivity contribution in [2.75, 3.05) is 12.0 Å². The molecule has 0 radical (unpaired) electrons. The van der Waals surface area contributed by atoms with Gasteiger partial charge in [0.1, 0.15) is 11.4 Å². The molecule has 6 nitrogen and oxygen atoms in total. The van der Waals surface area contributed by atoms with Gasteiger partial charge in [-0.25, -0.2) is 9.69 Å². The second-order valence-corrected chi connectivity index (χ2v) is 6.46. The molecule has 25 heavy (non-hydrogen) atoms. The van der Waals surface area contributed by atoms with Crippen molar-refractivity contribution in [3.05, 3.63) is 66.2 Å². The summed E-state index contributed by atoms with van der Waals surface area (Å²) in [5.41, 5.74) is 1.42. The molecule has 0 saturated carbocycles. The van der Waals surface area contributed by atoms with Crippen LogP contribution in [0.15, 0.2) is 65.7 Å². The number of amides is 1. The van der Waals surface area contributed by atoms with Gasteiger partial charge >= 0.3 is 6.09 Å². The maximum atomic E-state index is 12.7. The number of hydrogen-bond acceptors (Lipinski definition) is 5. The van der Waals surface area contributed by atoms with Gasteiger partial charge in [0, 0.05) is 12.7 Å². The summed E-state index contributed by atoms with van der Waals surface area (Å²) < 4.78 is 5.94. The molecular formula is C19H19N3O3. The number of nitrogens with zero attached hydrogens (tertiary/aromatic N) is 3. The first-order valence-electron chi connectivity index (χ1n) is 8.09. The Balaban J connectivity index is 1.95. The highest BCUT2D eigenvalue weighted by atomic mass is 16.8. The first-order valence-corrected chi connectivity index (χ1v) is 8.09. The predicted octanol–water partition coefficient (Wildman–Crippen LogP) is 3.40. The van der Waals surface area contributed by atoms with Crippen LogP contribution in [0, 0.1) is 0 Å². The van der Waals surface area contributed by atoms with Crippen molar-refractivity contribution >= 4 is 17.5 Å². The Morgan fingerprint density at radius 1 is 1.00 bits per heavy atom. The topological polar surface area (TPSA) is 54.4 Å². The molecule has 1 unspecified atom stereocenters. The number of hydrogen-bond donors (Lipinski definition) is 0. The van der Waals surface area contributed by atoms with Gasteiger partial charge in [-0.15, -0.1) is 0 Å². The zero-order valence-electron chi connectivity index (χ0n) is 14.3. The van der Waals surface area contributed by atoms with Crippen molar-refractivity contribution in [2.24, 2.45) is 4.99 Å². The van der Waals surface area contributed by atoms with Crippen LogP contribution in [-0.2, 0) is 9.57 Å².